The molecule has 0 aliphatic carbocycles. The van der Waals surface area contributed by atoms with Crippen molar-refractivity contribution in [1.82, 2.24) is 20.4 Å². The van der Waals surface area contributed by atoms with Gasteiger partial charge in [-0.25, -0.2) is 9.48 Å². The second-order valence-electron chi connectivity index (χ2n) is 6.98. The number of carbonyl (C=O) groups is 1. The highest BCUT2D eigenvalue weighted by Gasteiger charge is 2.12. The van der Waals surface area contributed by atoms with Crippen LogP contribution in [0.2, 0.25) is 0 Å². The van der Waals surface area contributed by atoms with Crippen LogP contribution < -0.4 is 16.2 Å². The van der Waals surface area contributed by atoms with Gasteiger partial charge < -0.3 is 10.6 Å². The van der Waals surface area contributed by atoms with Gasteiger partial charge in [-0.15, -0.1) is 0 Å². The highest BCUT2D eigenvalue weighted by atomic mass is 16.2. The van der Waals surface area contributed by atoms with Crippen LogP contribution in [0.1, 0.15) is 33.6 Å². The zero-order valence-electron chi connectivity index (χ0n) is 15.1. The molecule has 0 atom stereocenters. The van der Waals surface area contributed by atoms with Crippen LogP contribution >= 0.6 is 0 Å². The summed E-state index contributed by atoms with van der Waals surface area (Å²) in [5, 5.41) is 10.1. The minimum atomic E-state index is -0.251. The Morgan fingerprint density at radius 2 is 1.80 bits per heavy atom. The number of rotatable bonds is 6. The quantitative estimate of drug-likeness (QED) is 0.793. The first-order chi connectivity index (χ1) is 11.8. The van der Waals surface area contributed by atoms with E-state index in [1.165, 1.54) is 4.68 Å². The number of hydrogen-bond acceptors (Lipinski definition) is 3. The Morgan fingerprint density at radius 3 is 2.48 bits per heavy atom. The summed E-state index contributed by atoms with van der Waals surface area (Å²) in [6, 6.07) is 12.9. The molecule has 0 saturated carbocycles. The van der Waals surface area contributed by atoms with Crippen molar-refractivity contribution in [3.63, 3.8) is 0 Å². The summed E-state index contributed by atoms with van der Waals surface area (Å²) >= 11 is 0. The van der Waals surface area contributed by atoms with E-state index in [1.807, 2.05) is 51.1 Å². The molecule has 0 aliphatic rings. The summed E-state index contributed by atoms with van der Waals surface area (Å²) < 4.78 is 1.48. The fourth-order valence-electron chi connectivity index (χ4n) is 2.35. The van der Waals surface area contributed by atoms with Gasteiger partial charge in [0.25, 0.3) is 5.56 Å². The highest BCUT2D eigenvalue weighted by Crippen LogP contribution is 2.14. The number of aromatic nitrogens is 2. The Balaban J connectivity index is 1.83. The van der Waals surface area contributed by atoms with Crippen LogP contribution in [-0.2, 0) is 6.54 Å². The van der Waals surface area contributed by atoms with Crippen molar-refractivity contribution >= 4 is 6.03 Å². The minimum absolute atomic E-state index is 0.113. The molecule has 6 nitrogen and oxygen atoms in total. The van der Waals surface area contributed by atoms with E-state index < -0.39 is 0 Å². The fraction of sp³-hybridized carbons (Fsp3) is 0.421. The van der Waals surface area contributed by atoms with Crippen LogP contribution in [0, 0.1) is 0 Å². The lowest BCUT2D eigenvalue weighted by molar-refractivity contribution is 0.232. The largest absolute Gasteiger partial charge is 0.338 e. The van der Waals surface area contributed by atoms with Crippen molar-refractivity contribution in [2.45, 2.75) is 45.7 Å². The monoisotopic (exact) mass is 342 g/mol. The van der Waals surface area contributed by atoms with Gasteiger partial charge >= 0.3 is 6.03 Å². The van der Waals surface area contributed by atoms with Gasteiger partial charge in [0.1, 0.15) is 0 Å². The molecule has 0 bridgehead atoms. The van der Waals surface area contributed by atoms with E-state index in [1.54, 1.807) is 12.1 Å². The van der Waals surface area contributed by atoms with Gasteiger partial charge in [0.05, 0.1) is 5.69 Å². The van der Waals surface area contributed by atoms with Crippen LogP contribution in [0.3, 0.4) is 0 Å². The summed E-state index contributed by atoms with van der Waals surface area (Å²) in [5.74, 6) is 0. The summed E-state index contributed by atoms with van der Waals surface area (Å²) in [6.07, 6.45) is 1.54. The highest BCUT2D eigenvalue weighted by molar-refractivity contribution is 5.74. The van der Waals surface area contributed by atoms with E-state index in [-0.39, 0.29) is 17.1 Å². The Kier molecular flexibility index (Phi) is 6.33. The van der Waals surface area contributed by atoms with Crippen molar-refractivity contribution < 1.29 is 4.79 Å². The van der Waals surface area contributed by atoms with E-state index >= 15 is 0 Å². The SMILES string of the molecule is CC(C)(C)NC(=O)NCCCCn1nc(-c2ccccc2)ccc1=O. The molecule has 134 valence electrons. The Labute approximate surface area is 148 Å². The van der Waals surface area contributed by atoms with E-state index in [2.05, 4.69) is 15.7 Å². The van der Waals surface area contributed by atoms with E-state index in [0.29, 0.717) is 13.1 Å². The molecule has 1 aromatic heterocycles. The molecule has 0 radical (unpaired) electrons. The molecule has 2 rings (SSSR count). The molecule has 0 unspecified atom stereocenters. The molecule has 2 amide bonds. The Bertz CT molecular complexity index is 748. The lowest BCUT2D eigenvalue weighted by atomic mass is 10.1. The topological polar surface area (TPSA) is 76.0 Å². The average molecular weight is 342 g/mol. The van der Waals surface area contributed by atoms with E-state index in [4.69, 9.17) is 0 Å². The number of nitrogens with zero attached hydrogens (tertiary/aromatic N) is 2. The molecule has 1 heterocycles. The van der Waals surface area contributed by atoms with Crippen molar-refractivity contribution in [1.29, 1.82) is 0 Å². The second-order valence-corrected chi connectivity index (χ2v) is 6.98. The maximum atomic E-state index is 12.0. The van der Waals surface area contributed by atoms with Crippen LogP contribution in [0.25, 0.3) is 11.3 Å². The molecular weight excluding hydrogens is 316 g/mol. The molecule has 0 saturated heterocycles. The third-order valence-corrected chi connectivity index (χ3v) is 3.51. The van der Waals surface area contributed by atoms with Crippen LogP contribution in [0.15, 0.2) is 47.3 Å². The first-order valence-electron chi connectivity index (χ1n) is 8.55. The lowest BCUT2D eigenvalue weighted by Gasteiger charge is -2.20. The molecule has 0 spiro atoms. The first kappa shape index (κ1) is 18.7. The van der Waals surface area contributed by atoms with Crippen molar-refractivity contribution in [2.24, 2.45) is 0 Å². The summed E-state index contributed by atoms with van der Waals surface area (Å²) in [7, 11) is 0. The number of nitrogens with one attached hydrogen (secondary N) is 2. The maximum Gasteiger partial charge on any atom is 0.315 e. The van der Waals surface area contributed by atoms with E-state index in [9.17, 15) is 9.59 Å². The molecule has 25 heavy (non-hydrogen) atoms. The van der Waals surface area contributed by atoms with Crippen LogP contribution in [0.4, 0.5) is 4.79 Å². The Hall–Kier alpha value is -2.63. The average Bonchev–Trinajstić information content (AvgIpc) is 2.55. The lowest BCUT2D eigenvalue weighted by Crippen LogP contribution is -2.46. The third kappa shape index (κ3) is 6.41. The molecule has 6 heteroatoms. The van der Waals surface area contributed by atoms with Gasteiger partial charge in [-0.1, -0.05) is 30.3 Å². The van der Waals surface area contributed by atoms with E-state index in [0.717, 1.165) is 24.1 Å². The van der Waals surface area contributed by atoms with Crippen molar-refractivity contribution in [2.75, 3.05) is 6.54 Å². The number of carbonyl (C=O) groups excluding carboxylic acids is 1. The van der Waals surface area contributed by atoms with Crippen molar-refractivity contribution in [3.05, 3.63) is 52.8 Å². The zero-order chi connectivity index (χ0) is 18.3. The van der Waals surface area contributed by atoms with Crippen LogP contribution in [0.5, 0.6) is 0 Å². The smallest absolute Gasteiger partial charge is 0.315 e. The number of amides is 2. The van der Waals surface area contributed by atoms with Gasteiger partial charge in [0, 0.05) is 30.3 Å². The summed E-state index contributed by atoms with van der Waals surface area (Å²) in [4.78, 5) is 23.6. The van der Waals surface area contributed by atoms with Gasteiger partial charge in [-0.2, -0.15) is 5.10 Å². The molecular formula is C19H26N4O2. The van der Waals surface area contributed by atoms with Gasteiger partial charge in [0.2, 0.25) is 0 Å². The number of urea groups is 1. The first-order valence-corrected chi connectivity index (χ1v) is 8.55. The fourth-order valence-corrected chi connectivity index (χ4v) is 2.35. The number of hydrogen-bond donors (Lipinski definition) is 2. The second kappa shape index (κ2) is 8.46. The normalized spacial score (nSPS) is 11.2. The number of benzene rings is 1. The molecule has 0 aliphatic heterocycles. The number of aryl methyl sites for hydroxylation is 1. The van der Waals surface area contributed by atoms with Gasteiger partial charge in [-0.05, 0) is 39.7 Å². The maximum absolute atomic E-state index is 12.0. The summed E-state index contributed by atoms with van der Waals surface area (Å²) in [6.45, 7) is 6.90. The third-order valence-electron chi connectivity index (χ3n) is 3.51. The van der Waals surface area contributed by atoms with Crippen LogP contribution in [-0.4, -0.2) is 27.9 Å². The zero-order valence-corrected chi connectivity index (χ0v) is 15.1. The predicted octanol–water partition coefficient (Wildman–Crippen LogP) is 2.79. The molecule has 0 fully saturated rings. The Morgan fingerprint density at radius 1 is 1.08 bits per heavy atom. The van der Waals surface area contributed by atoms with Crippen molar-refractivity contribution in [3.8, 4) is 11.3 Å². The summed E-state index contributed by atoms with van der Waals surface area (Å²) in [5.41, 5.74) is 1.40. The van der Waals surface area contributed by atoms with Gasteiger partial charge in [0.15, 0.2) is 0 Å². The van der Waals surface area contributed by atoms with Gasteiger partial charge in [-0.3, -0.25) is 4.79 Å². The molecule has 1 aromatic carbocycles. The predicted molar refractivity (Wildman–Crippen MR) is 99.5 cm³/mol. The minimum Gasteiger partial charge on any atom is -0.338 e. The molecule has 2 aromatic rings. The molecule has 2 N–H and O–H groups in total. The number of unbranched alkanes of at least 4 members (excludes halogenated alkanes) is 1. The standard InChI is InChI=1S/C19H26N4O2/c1-19(2,3)21-18(25)20-13-7-8-14-23-17(24)12-11-16(22-23)15-9-5-4-6-10-15/h4-6,9-12H,7-8,13-14H2,1-3H3,(H2,20,21,25).